The van der Waals surface area contributed by atoms with Crippen LogP contribution in [0.3, 0.4) is 0 Å². The van der Waals surface area contributed by atoms with Crippen LogP contribution in [-0.4, -0.2) is 33.9 Å². The van der Waals surface area contributed by atoms with Crippen molar-refractivity contribution in [2.24, 2.45) is 0 Å². The normalized spacial score (nSPS) is 10.9. The Hall–Kier alpha value is -3.56. The fourth-order valence-electron chi connectivity index (χ4n) is 3.04. The number of carbonyl (C=O) groups is 2. The van der Waals surface area contributed by atoms with Gasteiger partial charge in [-0.25, -0.2) is 8.42 Å². The summed E-state index contributed by atoms with van der Waals surface area (Å²) in [6.45, 7) is 1.19. The Balaban J connectivity index is 1.80. The lowest BCUT2D eigenvalue weighted by Crippen LogP contribution is -2.22. The summed E-state index contributed by atoms with van der Waals surface area (Å²) in [5.74, 6) is -0.409. The van der Waals surface area contributed by atoms with E-state index in [1.807, 2.05) is 0 Å². The highest BCUT2D eigenvalue weighted by atomic mass is 35.5. The molecule has 0 fully saturated rings. The molecular formula is C23H22ClN3O5S. The van der Waals surface area contributed by atoms with Gasteiger partial charge in [-0.2, -0.15) is 0 Å². The second kappa shape index (κ2) is 10.4. The van der Waals surface area contributed by atoms with Gasteiger partial charge in [0.2, 0.25) is 21.7 Å². The number of carbonyl (C=O) groups excluding carboxylic acids is 2. The zero-order valence-electron chi connectivity index (χ0n) is 17.9. The van der Waals surface area contributed by atoms with Gasteiger partial charge in [0.15, 0.2) is 0 Å². The molecule has 0 unspecified atom stereocenters. The van der Waals surface area contributed by atoms with Gasteiger partial charge < -0.3 is 20.7 Å². The molecule has 0 spiro atoms. The van der Waals surface area contributed by atoms with Crippen molar-refractivity contribution in [3.63, 3.8) is 0 Å². The van der Waals surface area contributed by atoms with Crippen molar-refractivity contribution in [2.75, 3.05) is 29.6 Å². The maximum absolute atomic E-state index is 13.3. The van der Waals surface area contributed by atoms with E-state index in [1.54, 1.807) is 42.5 Å². The molecular weight excluding hydrogens is 466 g/mol. The topological polar surface area (TPSA) is 114 Å². The third-order valence-electron chi connectivity index (χ3n) is 4.53. The predicted octanol–water partition coefficient (Wildman–Crippen LogP) is 4.19. The number of hydrogen-bond acceptors (Lipinski definition) is 6. The quantitative estimate of drug-likeness (QED) is 0.439. The van der Waals surface area contributed by atoms with Crippen LogP contribution < -0.4 is 20.7 Å². The van der Waals surface area contributed by atoms with Crippen LogP contribution in [-0.2, 0) is 19.4 Å². The molecule has 2 amide bonds. The number of hydrogen-bond donors (Lipinski definition) is 3. The highest BCUT2D eigenvalue weighted by molar-refractivity contribution is 7.91. The van der Waals surface area contributed by atoms with Crippen LogP contribution in [0.15, 0.2) is 76.5 Å². The molecule has 0 aliphatic heterocycles. The minimum atomic E-state index is -4.00. The molecule has 3 aromatic rings. The van der Waals surface area contributed by atoms with E-state index in [0.29, 0.717) is 11.4 Å². The van der Waals surface area contributed by atoms with Crippen LogP contribution in [0.1, 0.15) is 6.92 Å². The van der Waals surface area contributed by atoms with E-state index >= 15 is 0 Å². The number of benzene rings is 3. The van der Waals surface area contributed by atoms with E-state index in [0.717, 1.165) is 0 Å². The van der Waals surface area contributed by atoms with Crippen molar-refractivity contribution in [3.05, 3.63) is 71.8 Å². The largest absolute Gasteiger partial charge is 0.495 e. The molecule has 3 N–H and O–H groups in total. The maximum Gasteiger partial charge on any atom is 0.243 e. The van der Waals surface area contributed by atoms with Gasteiger partial charge in [-0.3, -0.25) is 9.59 Å². The molecule has 0 aromatic heterocycles. The predicted molar refractivity (Wildman–Crippen MR) is 128 cm³/mol. The van der Waals surface area contributed by atoms with Crippen LogP contribution in [0, 0.1) is 0 Å². The van der Waals surface area contributed by atoms with Gasteiger partial charge in [0.25, 0.3) is 0 Å². The van der Waals surface area contributed by atoms with Crippen LogP contribution in [0.2, 0.25) is 5.02 Å². The SMILES string of the molecule is COc1ccc(NCC(=O)Nc2ccc(NC(C)=O)cc2)c(S(=O)(=O)c2ccccc2)c1Cl. The Labute approximate surface area is 196 Å². The first-order chi connectivity index (χ1) is 15.7. The number of sulfone groups is 1. The van der Waals surface area contributed by atoms with E-state index in [-0.39, 0.29) is 38.7 Å². The molecule has 0 heterocycles. The Bertz CT molecular complexity index is 1260. The summed E-state index contributed by atoms with van der Waals surface area (Å²) in [6, 6.07) is 17.5. The molecule has 10 heteroatoms. The van der Waals surface area contributed by atoms with Crippen molar-refractivity contribution in [1.82, 2.24) is 0 Å². The zero-order chi connectivity index (χ0) is 24.0. The third-order valence-corrected chi connectivity index (χ3v) is 6.87. The molecule has 3 aromatic carbocycles. The molecule has 8 nitrogen and oxygen atoms in total. The number of ether oxygens (including phenoxy) is 1. The van der Waals surface area contributed by atoms with Crippen molar-refractivity contribution in [3.8, 4) is 5.75 Å². The Morgan fingerprint density at radius 3 is 2.09 bits per heavy atom. The summed E-state index contributed by atoms with van der Waals surface area (Å²) in [5.41, 5.74) is 1.28. The van der Waals surface area contributed by atoms with Gasteiger partial charge in [-0.15, -0.1) is 0 Å². The lowest BCUT2D eigenvalue weighted by molar-refractivity contribution is -0.115. The average Bonchev–Trinajstić information content (AvgIpc) is 2.79. The number of amides is 2. The number of anilines is 3. The summed E-state index contributed by atoms with van der Waals surface area (Å²) in [6.07, 6.45) is 0. The van der Waals surface area contributed by atoms with Gasteiger partial charge >= 0.3 is 0 Å². The van der Waals surface area contributed by atoms with E-state index in [2.05, 4.69) is 16.0 Å². The van der Waals surface area contributed by atoms with Gasteiger partial charge in [-0.05, 0) is 48.5 Å². The number of methoxy groups -OCH3 is 1. The number of halogens is 1. The van der Waals surface area contributed by atoms with Crippen molar-refractivity contribution >= 4 is 50.3 Å². The highest BCUT2D eigenvalue weighted by Crippen LogP contribution is 2.39. The van der Waals surface area contributed by atoms with Crippen LogP contribution in [0.25, 0.3) is 0 Å². The first-order valence-electron chi connectivity index (χ1n) is 9.80. The molecule has 0 bridgehead atoms. The van der Waals surface area contributed by atoms with Crippen molar-refractivity contribution < 1.29 is 22.7 Å². The highest BCUT2D eigenvalue weighted by Gasteiger charge is 2.27. The average molecular weight is 488 g/mol. The molecule has 0 atom stereocenters. The van der Waals surface area contributed by atoms with Gasteiger partial charge in [0.1, 0.15) is 15.7 Å². The summed E-state index contributed by atoms with van der Waals surface area (Å²) < 4.78 is 31.7. The molecule has 0 saturated carbocycles. The van der Waals surface area contributed by atoms with Crippen molar-refractivity contribution in [2.45, 2.75) is 16.7 Å². The van der Waals surface area contributed by atoms with E-state index in [1.165, 1.54) is 38.3 Å². The number of nitrogens with one attached hydrogen (secondary N) is 3. The summed E-state index contributed by atoms with van der Waals surface area (Å²) in [7, 11) is -2.61. The Morgan fingerprint density at radius 1 is 0.909 bits per heavy atom. The molecule has 33 heavy (non-hydrogen) atoms. The Kier molecular flexibility index (Phi) is 7.57. The van der Waals surface area contributed by atoms with Crippen molar-refractivity contribution in [1.29, 1.82) is 0 Å². The lowest BCUT2D eigenvalue weighted by atomic mass is 10.2. The summed E-state index contributed by atoms with van der Waals surface area (Å²) >= 11 is 6.37. The van der Waals surface area contributed by atoms with E-state index in [9.17, 15) is 18.0 Å². The molecule has 3 rings (SSSR count). The van der Waals surface area contributed by atoms with E-state index < -0.39 is 15.7 Å². The van der Waals surface area contributed by atoms with Gasteiger partial charge in [0.05, 0.1) is 24.2 Å². The summed E-state index contributed by atoms with van der Waals surface area (Å²) in [5, 5.41) is 8.10. The maximum atomic E-state index is 13.3. The molecule has 172 valence electrons. The summed E-state index contributed by atoms with van der Waals surface area (Å²) in [4.78, 5) is 23.4. The molecule has 0 saturated heterocycles. The van der Waals surface area contributed by atoms with Crippen LogP contribution in [0.4, 0.5) is 17.1 Å². The standard InChI is InChI=1S/C23H22ClN3O5S/c1-15(28)26-16-8-10-17(11-9-16)27-21(29)14-25-19-12-13-20(32-2)22(24)23(19)33(30,31)18-6-4-3-5-7-18/h3-13,25H,14H2,1-2H3,(H,26,28)(H,27,29). The minimum Gasteiger partial charge on any atom is -0.495 e. The molecule has 0 aliphatic carbocycles. The Morgan fingerprint density at radius 2 is 1.52 bits per heavy atom. The fourth-order valence-corrected chi connectivity index (χ4v) is 5.10. The lowest BCUT2D eigenvalue weighted by Gasteiger charge is -2.16. The van der Waals surface area contributed by atoms with Gasteiger partial charge in [-0.1, -0.05) is 29.8 Å². The fraction of sp³-hybridized carbons (Fsp3) is 0.130. The van der Waals surface area contributed by atoms with E-state index in [4.69, 9.17) is 16.3 Å². The molecule has 0 aliphatic rings. The second-order valence-electron chi connectivity index (χ2n) is 6.94. The monoisotopic (exact) mass is 487 g/mol. The minimum absolute atomic E-state index is 0.0620. The van der Waals surface area contributed by atoms with Crippen LogP contribution in [0.5, 0.6) is 5.75 Å². The zero-order valence-corrected chi connectivity index (χ0v) is 19.5. The first kappa shape index (κ1) is 24.1. The van der Waals surface area contributed by atoms with Crippen LogP contribution >= 0.6 is 11.6 Å². The second-order valence-corrected chi connectivity index (χ2v) is 9.20. The first-order valence-corrected chi connectivity index (χ1v) is 11.7. The third kappa shape index (κ3) is 5.82. The number of rotatable bonds is 8. The van der Waals surface area contributed by atoms with Gasteiger partial charge in [0, 0.05) is 18.3 Å². The smallest absolute Gasteiger partial charge is 0.243 e. The molecule has 0 radical (unpaired) electrons.